The highest BCUT2D eigenvalue weighted by atomic mass is 19.3. The Morgan fingerprint density at radius 1 is 1.22 bits per heavy atom. The maximum absolute atomic E-state index is 13.1. The predicted molar refractivity (Wildman–Crippen MR) is 58.2 cm³/mol. The largest absolute Gasteiger partial charge is 0.272 e. The molecule has 96 valence electrons. The summed E-state index contributed by atoms with van der Waals surface area (Å²) in [5.41, 5.74) is -0.176. The van der Waals surface area contributed by atoms with Crippen LogP contribution in [0.2, 0.25) is 0 Å². The van der Waals surface area contributed by atoms with Crippen molar-refractivity contribution >= 4 is 0 Å². The molecule has 0 aliphatic heterocycles. The van der Waals surface area contributed by atoms with E-state index in [1.807, 2.05) is 0 Å². The molecule has 1 heterocycles. The number of hydrogen-bond acceptors (Lipinski definition) is 1. The highest BCUT2D eigenvalue weighted by Crippen LogP contribution is 2.30. The molecule has 2 aromatic rings. The van der Waals surface area contributed by atoms with Crippen LogP contribution in [0.25, 0.3) is 11.3 Å². The smallest absolute Gasteiger partial charge is 0.267 e. The van der Waals surface area contributed by atoms with Crippen molar-refractivity contribution in [3.8, 4) is 11.3 Å². The lowest BCUT2D eigenvalue weighted by atomic mass is 10.1. The number of rotatable bonds is 3. The van der Waals surface area contributed by atoms with E-state index >= 15 is 0 Å². The van der Waals surface area contributed by atoms with Gasteiger partial charge in [-0.1, -0.05) is 0 Å². The number of hydrogen-bond donors (Lipinski definition) is 0. The Labute approximate surface area is 101 Å². The second-order valence-electron chi connectivity index (χ2n) is 3.72. The van der Waals surface area contributed by atoms with Crippen LogP contribution < -0.4 is 0 Å². The monoisotopic (exact) mass is 258 g/mol. The van der Waals surface area contributed by atoms with Gasteiger partial charge in [-0.3, -0.25) is 4.68 Å². The van der Waals surface area contributed by atoms with E-state index in [0.29, 0.717) is 6.54 Å². The van der Waals surface area contributed by atoms with Gasteiger partial charge in [0, 0.05) is 18.3 Å². The normalized spacial score (nSPS) is 11.2. The molecule has 1 aromatic carbocycles. The summed E-state index contributed by atoms with van der Waals surface area (Å²) in [6.45, 7) is 2.17. The first-order valence-corrected chi connectivity index (χ1v) is 5.33. The van der Waals surface area contributed by atoms with Crippen molar-refractivity contribution in [3.63, 3.8) is 0 Å². The topological polar surface area (TPSA) is 17.8 Å². The molecule has 0 atom stereocenters. The van der Waals surface area contributed by atoms with Crippen LogP contribution in [0, 0.1) is 11.6 Å². The third kappa shape index (κ3) is 2.23. The van der Waals surface area contributed by atoms with E-state index in [0.717, 1.165) is 12.1 Å². The Bertz CT molecular complexity index is 563. The van der Waals surface area contributed by atoms with Crippen molar-refractivity contribution in [1.29, 1.82) is 0 Å². The van der Waals surface area contributed by atoms with Gasteiger partial charge in [-0.25, -0.2) is 17.6 Å². The maximum Gasteiger partial charge on any atom is 0.267 e. The van der Waals surface area contributed by atoms with E-state index in [4.69, 9.17) is 0 Å². The van der Waals surface area contributed by atoms with Crippen molar-refractivity contribution < 1.29 is 17.6 Å². The predicted octanol–water partition coefficient (Wildman–Crippen LogP) is 3.79. The molecule has 1 aromatic heterocycles. The van der Waals surface area contributed by atoms with Crippen molar-refractivity contribution in [1.82, 2.24) is 9.78 Å². The lowest BCUT2D eigenvalue weighted by molar-refractivity contribution is 0.152. The van der Waals surface area contributed by atoms with Crippen molar-refractivity contribution in [2.45, 2.75) is 19.9 Å². The number of nitrogens with zero attached hydrogens (tertiary/aromatic N) is 2. The fourth-order valence-electron chi connectivity index (χ4n) is 1.63. The first-order valence-electron chi connectivity index (χ1n) is 5.33. The Balaban J connectivity index is 2.54. The first kappa shape index (κ1) is 12.6. The van der Waals surface area contributed by atoms with Gasteiger partial charge >= 0.3 is 0 Å². The van der Waals surface area contributed by atoms with Crippen LogP contribution >= 0.6 is 0 Å². The quantitative estimate of drug-likeness (QED) is 0.766. The Morgan fingerprint density at radius 3 is 2.50 bits per heavy atom. The van der Waals surface area contributed by atoms with Crippen LogP contribution in [-0.2, 0) is 6.54 Å². The summed E-state index contributed by atoms with van der Waals surface area (Å²) in [7, 11) is 0. The minimum Gasteiger partial charge on any atom is -0.272 e. The zero-order valence-corrected chi connectivity index (χ0v) is 9.50. The van der Waals surface area contributed by atoms with Gasteiger partial charge in [0.2, 0.25) is 0 Å². The van der Waals surface area contributed by atoms with Gasteiger partial charge in [0.15, 0.2) is 11.6 Å². The van der Waals surface area contributed by atoms with Gasteiger partial charge in [-0.05, 0) is 25.1 Å². The fraction of sp³-hybridized carbons (Fsp3) is 0.250. The van der Waals surface area contributed by atoms with Gasteiger partial charge in [-0.15, -0.1) is 0 Å². The van der Waals surface area contributed by atoms with Gasteiger partial charge in [0.25, 0.3) is 6.43 Å². The molecular formula is C12H10F4N2. The molecule has 0 fully saturated rings. The van der Waals surface area contributed by atoms with E-state index in [-0.39, 0.29) is 16.8 Å². The zero-order valence-electron chi connectivity index (χ0n) is 9.50. The van der Waals surface area contributed by atoms with Crippen molar-refractivity contribution in [3.05, 3.63) is 41.6 Å². The summed E-state index contributed by atoms with van der Waals surface area (Å²) in [6, 6.07) is 2.99. The molecule has 6 heteroatoms. The summed E-state index contributed by atoms with van der Waals surface area (Å²) in [5, 5.41) is 3.94. The average molecular weight is 258 g/mol. The number of halogens is 4. The average Bonchev–Trinajstić information content (AvgIpc) is 2.77. The summed E-state index contributed by atoms with van der Waals surface area (Å²) in [5.74, 6) is -2.11. The minimum atomic E-state index is -2.71. The second kappa shape index (κ2) is 4.80. The third-order valence-corrected chi connectivity index (χ3v) is 2.54. The molecule has 0 bridgehead atoms. The molecule has 0 unspecified atom stereocenters. The SMILES string of the molecule is CCn1cc(C(F)F)c(-c2ccc(F)c(F)c2)n1. The lowest BCUT2D eigenvalue weighted by Crippen LogP contribution is -1.94. The van der Waals surface area contributed by atoms with Crippen molar-refractivity contribution in [2.24, 2.45) is 0 Å². The van der Waals surface area contributed by atoms with Gasteiger partial charge in [0.05, 0.1) is 5.56 Å². The highest BCUT2D eigenvalue weighted by molar-refractivity contribution is 5.63. The van der Waals surface area contributed by atoms with E-state index in [9.17, 15) is 17.6 Å². The summed E-state index contributed by atoms with van der Waals surface area (Å²) in [6.07, 6.45) is -1.50. The Kier molecular flexibility index (Phi) is 3.36. The van der Waals surface area contributed by atoms with Crippen LogP contribution in [0.4, 0.5) is 17.6 Å². The van der Waals surface area contributed by atoms with Crippen LogP contribution in [0.5, 0.6) is 0 Å². The number of alkyl halides is 2. The van der Waals surface area contributed by atoms with Crippen LogP contribution in [0.15, 0.2) is 24.4 Å². The zero-order chi connectivity index (χ0) is 13.3. The molecule has 0 N–H and O–H groups in total. The van der Waals surface area contributed by atoms with E-state index < -0.39 is 18.1 Å². The summed E-state index contributed by atoms with van der Waals surface area (Å²) in [4.78, 5) is 0. The molecule has 0 saturated carbocycles. The molecule has 2 nitrogen and oxygen atoms in total. The Hall–Kier alpha value is -1.85. The molecule has 0 amide bonds. The van der Waals surface area contributed by atoms with E-state index in [1.165, 1.54) is 16.9 Å². The fourth-order valence-corrected chi connectivity index (χ4v) is 1.63. The highest BCUT2D eigenvalue weighted by Gasteiger charge is 2.19. The summed E-state index contributed by atoms with van der Waals surface area (Å²) >= 11 is 0. The van der Waals surface area contributed by atoms with Gasteiger partial charge in [-0.2, -0.15) is 5.10 Å². The summed E-state index contributed by atoms with van der Waals surface area (Å²) < 4.78 is 52.9. The lowest BCUT2D eigenvalue weighted by Gasteiger charge is -2.02. The van der Waals surface area contributed by atoms with Crippen LogP contribution in [0.3, 0.4) is 0 Å². The van der Waals surface area contributed by atoms with Crippen LogP contribution in [0.1, 0.15) is 18.9 Å². The molecule has 2 rings (SSSR count). The molecule has 0 spiro atoms. The molecule has 0 aliphatic carbocycles. The Morgan fingerprint density at radius 2 is 1.94 bits per heavy atom. The second-order valence-corrected chi connectivity index (χ2v) is 3.72. The molecule has 0 radical (unpaired) electrons. The number of benzene rings is 1. The molecule has 0 aliphatic rings. The molecule has 0 saturated heterocycles. The standard InChI is InChI=1S/C12H10F4N2/c1-2-18-6-8(12(15)16)11(17-18)7-3-4-9(13)10(14)5-7/h3-6,12H,2H2,1H3. The van der Waals surface area contributed by atoms with E-state index in [2.05, 4.69) is 5.10 Å². The van der Waals surface area contributed by atoms with Gasteiger partial charge < -0.3 is 0 Å². The minimum absolute atomic E-state index is 0.0225. The maximum atomic E-state index is 13.1. The van der Waals surface area contributed by atoms with E-state index in [1.54, 1.807) is 6.92 Å². The van der Waals surface area contributed by atoms with Crippen LogP contribution in [-0.4, -0.2) is 9.78 Å². The van der Waals surface area contributed by atoms with Crippen molar-refractivity contribution in [2.75, 3.05) is 0 Å². The molecular weight excluding hydrogens is 248 g/mol. The third-order valence-electron chi connectivity index (χ3n) is 2.54. The number of aryl methyl sites for hydroxylation is 1. The number of aromatic nitrogens is 2. The van der Waals surface area contributed by atoms with Gasteiger partial charge in [0.1, 0.15) is 5.69 Å². The molecule has 18 heavy (non-hydrogen) atoms. The first-order chi connectivity index (χ1) is 8.52.